The number of carbonyl (C=O) groups is 1. The van der Waals surface area contributed by atoms with Crippen molar-refractivity contribution in [3.63, 3.8) is 0 Å². The first-order valence-corrected chi connectivity index (χ1v) is 4.29. The Balaban J connectivity index is 2.71. The van der Waals surface area contributed by atoms with Crippen LogP contribution in [0.15, 0.2) is 23.8 Å². The fourth-order valence-electron chi connectivity index (χ4n) is 0.909. The molecule has 0 saturated heterocycles. The van der Waals surface area contributed by atoms with Gasteiger partial charge in [0.25, 0.3) is 0 Å². The monoisotopic (exact) mass is 196 g/mol. The highest BCUT2D eigenvalue weighted by Gasteiger charge is 2.11. The van der Waals surface area contributed by atoms with Crippen molar-refractivity contribution >= 4 is 11.7 Å². The van der Waals surface area contributed by atoms with E-state index in [0.29, 0.717) is 6.61 Å². The molecule has 0 unspecified atom stereocenters. The number of hydrogen-bond acceptors (Lipinski definition) is 3. The van der Waals surface area contributed by atoms with E-state index >= 15 is 0 Å². The number of nitrogens with one attached hydrogen (secondary N) is 1. The van der Waals surface area contributed by atoms with Gasteiger partial charge in [0, 0.05) is 12.4 Å². The average Bonchev–Trinajstić information content (AvgIpc) is 2.59. The third kappa shape index (κ3) is 2.12. The standard InChI is InChI=1S/C9H12N2O3/c1-3-6-14-8(12)7(2)11-5-4-10-9(11)13/h4-5H,2-3,6H2,1H3,(H,10,13). The van der Waals surface area contributed by atoms with E-state index < -0.39 is 11.7 Å². The molecule has 5 nitrogen and oxygen atoms in total. The Bertz CT molecular complexity index is 389. The molecule has 0 aliphatic heterocycles. The quantitative estimate of drug-likeness (QED) is 0.566. The van der Waals surface area contributed by atoms with Crippen LogP contribution >= 0.6 is 0 Å². The van der Waals surface area contributed by atoms with Gasteiger partial charge in [-0.1, -0.05) is 13.5 Å². The summed E-state index contributed by atoms with van der Waals surface area (Å²) in [5.74, 6) is -0.575. The van der Waals surface area contributed by atoms with Gasteiger partial charge in [-0.05, 0) is 6.42 Å². The predicted octanol–water partition coefficient (Wildman–Crippen LogP) is 0.600. The Morgan fingerprint density at radius 2 is 2.43 bits per heavy atom. The maximum atomic E-state index is 11.3. The highest BCUT2D eigenvalue weighted by Crippen LogP contribution is 2.00. The zero-order valence-corrected chi connectivity index (χ0v) is 7.95. The number of nitrogens with zero attached hydrogens (tertiary/aromatic N) is 1. The third-order valence-electron chi connectivity index (χ3n) is 1.61. The number of hydrogen-bond donors (Lipinski definition) is 1. The summed E-state index contributed by atoms with van der Waals surface area (Å²) in [4.78, 5) is 24.7. The van der Waals surface area contributed by atoms with Crippen LogP contribution in [0.5, 0.6) is 0 Å². The lowest BCUT2D eigenvalue weighted by atomic mass is 10.4. The summed E-state index contributed by atoms with van der Waals surface area (Å²) >= 11 is 0. The Morgan fingerprint density at radius 3 is 2.93 bits per heavy atom. The van der Waals surface area contributed by atoms with E-state index in [0.717, 1.165) is 11.0 Å². The van der Waals surface area contributed by atoms with Gasteiger partial charge in [-0.25, -0.2) is 9.59 Å². The second-order valence-corrected chi connectivity index (χ2v) is 2.72. The van der Waals surface area contributed by atoms with Gasteiger partial charge in [0.1, 0.15) is 5.70 Å². The average molecular weight is 196 g/mol. The molecule has 1 heterocycles. The number of esters is 1. The minimum atomic E-state index is -0.575. The number of aromatic amines is 1. The van der Waals surface area contributed by atoms with Gasteiger partial charge in [0.15, 0.2) is 0 Å². The number of imidazole rings is 1. The highest BCUT2D eigenvalue weighted by molar-refractivity contribution is 6.08. The Kier molecular flexibility index (Phi) is 3.28. The largest absolute Gasteiger partial charge is 0.461 e. The van der Waals surface area contributed by atoms with Crippen LogP contribution in [-0.2, 0) is 9.53 Å². The van der Waals surface area contributed by atoms with Crippen LogP contribution in [-0.4, -0.2) is 22.1 Å². The van der Waals surface area contributed by atoms with E-state index in [1.54, 1.807) is 0 Å². The van der Waals surface area contributed by atoms with Crippen molar-refractivity contribution in [2.75, 3.05) is 6.61 Å². The zero-order valence-electron chi connectivity index (χ0n) is 7.95. The summed E-state index contributed by atoms with van der Waals surface area (Å²) < 4.78 is 5.93. The molecule has 0 aliphatic rings. The molecule has 1 rings (SSSR count). The van der Waals surface area contributed by atoms with Crippen molar-refractivity contribution in [3.8, 4) is 0 Å². The second-order valence-electron chi connectivity index (χ2n) is 2.72. The summed E-state index contributed by atoms with van der Waals surface area (Å²) in [6, 6.07) is 0. The molecule has 0 amide bonds. The highest BCUT2D eigenvalue weighted by atomic mass is 16.5. The Hall–Kier alpha value is -1.78. The fourth-order valence-corrected chi connectivity index (χ4v) is 0.909. The third-order valence-corrected chi connectivity index (χ3v) is 1.61. The molecular formula is C9H12N2O3. The maximum absolute atomic E-state index is 11.3. The van der Waals surface area contributed by atoms with Gasteiger partial charge >= 0.3 is 11.7 Å². The summed E-state index contributed by atoms with van der Waals surface area (Å²) in [6.45, 7) is 5.70. The first-order chi connectivity index (χ1) is 6.66. The number of aromatic nitrogens is 2. The number of H-pyrrole nitrogens is 1. The van der Waals surface area contributed by atoms with E-state index in [-0.39, 0.29) is 5.70 Å². The minimum absolute atomic E-state index is 0.0182. The van der Waals surface area contributed by atoms with Crippen LogP contribution in [0.4, 0.5) is 0 Å². The Morgan fingerprint density at radius 1 is 1.71 bits per heavy atom. The lowest BCUT2D eigenvalue weighted by Crippen LogP contribution is -2.21. The van der Waals surface area contributed by atoms with E-state index in [4.69, 9.17) is 4.74 Å². The molecule has 1 aromatic rings. The number of carbonyl (C=O) groups excluding carboxylic acids is 1. The number of rotatable bonds is 4. The molecule has 0 bridgehead atoms. The summed E-state index contributed by atoms with van der Waals surface area (Å²) in [7, 11) is 0. The molecule has 0 aliphatic carbocycles. The molecule has 0 radical (unpaired) electrons. The van der Waals surface area contributed by atoms with Crippen molar-refractivity contribution in [2.24, 2.45) is 0 Å². The van der Waals surface area contributed by atoms with Crippen molar-refractivity contribution in [3.05, 3.63) is 29.5 Å². The number of ether oxygens (including phenoxy) is 1. The van der Waals surface area contributed by atoms with Crippen LogP contribution in [0.2, 0.25) is 0 Å². The van der Waals surface area contributed by atoms with E-state index in [1.165, 1.54) is 12.4 Å². The van der Waals surface area contributed by atoms with Crippen LogP contribution in [0.25, 0.3) is 5.70 Å². The SMILES string of the molecule is C=C(C(=O)OCCC)n1cc[nH]c1=O. The summed E-state index contributed by atoms with van der Waals surface area (Å²) in [6.07, 6.45) is 3.60. The van der Waals surface area contributed by atoms with E-state index in [2.05, 4.69) is 11.6 Å². The molecule has 76 valence electrons. The summed E-state index contributed by atoms with van der Waals surface area (Å²) in [5.41, 5.74) is -0.381. The lowest BCUT2D eigenvalue weighted by Gasteiger charge is -2.04. The molecule has 5 heteroatoms. The van der Waals surface area contributed by atoms with Crippen LogP contribution in [0.3, 0.4) is 0 Å². The van der Waals surface area contributed by atoms with Gasteiger partial charge in [-0.2, -0.15) is 0 Å². The molecule has 0 saturated carbocycles. The van der Waals surface area contributed by atoms with Crippen LogP contribution in [0, 0.1) is 0 Å². The Labute approximate surface area is 81.0 Å². The molecule has 0 fully saturated rings. The van der Waals surface area contributed by atoms with Crippen LogP contribution < -0.4 is 5.69 Å². The second kappa shape index (κ2) is 4.45. The zero-order chi connectivity index (χ0) is 10.6. The van der Waals surface area contributed by atoms with Crippen molar-refractivity contribution in [1.82, 2.24) is 9.55 Å². The molecule has 1 aromatic heterocycles. The van der Waals surface area contributed by atoms with Gasteiger partial charge in [-0.3, -0.25) is 4.57 Å². The minimum Gasteiger partial charge on any atom is -0.461 e. The predicted molar refractivity (Wildman–Crippen MR) is 51.6 cm³/mol. The van der Waals surface area contributed by atoms with Gasteiger partial charge < -0.3 is 9.72 Å². The van der Waals surface area contributed by atoms with Gasteiger partial charge in [-0.15, -0.1) is 0 Å². The van der Waals surface area contributed by atoms with Crippen LogP contribution in [0.1, 0.15) is 13.3 Å². The van der Waals surface area contributed by atoms with Gasteiger partial charge in [0.2, 0.25) is 0 Å². The normalized spacial score (nSPS) is 9.79. The molecule has 14 heavy (non-hydrogen) atoms. The first-order valence-electron chi connectivity index (χ1n) is 4.29. The van der Waals surface area contributed by atoms with Crippen molar-refractivity contribution in [1.29, 1.82) is 0 Å². The smallest absolute Gasteiger partial charge is 0.354 e. The lowest BCUT2D eigenvalue weighted by molar-refractivity contribution is -0.137. The van der Waals surface area contributed by atoms with E-state index in [9.17, 15) is 9.59 Å². The summed E-state index contributed by atoms with van der Waals surface area (Å²) in [5, 5.41) is 0. The molecule has 0 aromatic carbocycles. The molecule has 1 N–H and O–H groups in total. The topological polar surface area (TPSA) is 64.1 Å². The molecule has 0 atom stereocenters. The van der Waals surface area contributed by atoms with Gasteiger partial charge in [0.05, 0.1) is 6.61 Å². The van der Waals surface area contributed by atoms with E-state index in [1.807, 2.05) is 6.92 Å². The van der Waals surface area contributed by atoms with Crippen molar-refractivity contribution in [2.45, 2.75) is 13.3 Å². The fraction of sp³-hybridized carbons (Fsp3) is 0.333. The van der Waals surface area contributed by atoms with Crippen molar-refractivity contribution < 1.29 is 9.53 Å². The molecular weight excluding hydrogens is 184 g/mol. The maximum Gasteiger partial charge on any atom is 0.354 e. The molecule has 0 spiro atoms. The first kappa shape index (κ1) is 10.3.